The van der Waals surface area contributed by atoms with Crippen molar-refractivity contribution >= 4 is 23.2 Å². The molecule has 1 aliphatic heterocycles. The highest BCUT2D eigenvalue weighted by Gasteiger charge is 2.21. The van der Waals surface area contributed by atoms with Gasteiger partial charge in [-0.3, -0.25) is 4.79 Å². The van der Waals surface area contributed by atoms with Crippen molar-refractivity contribution in [3.8, 4) is 11.1 Å². The first kappa shape index (κ1) is 15.9. The quantitative estimate of drug-likeness (QED) is 0.904. The van der Waals surface area contributed by atoms with Gasteiger partial charge in [0.2, 0.25) is 5.91 Å². The average molecular weight is 329 g/mol. The largest absolute Gasteiger partial charge is 0.382 e. The molecule has 3 rings (SSSR count). The van der Waals surface area contributed by atoms with Crippen LogP contribution in [0.4, 0.5) is 5.69 Å². The maximum absolute atomic E-state index is 11.4. The summed E-state index contributed by atoms with van der Waals surface area (Å²) >= 11 is 5.99. The van der Waals surface area contributed by atoms with Crippen LogP contribution >= 0.6 is 11.6 Å². The molecular formula is C19H21ClN2O. The lowest BCUT2D eigenvalue weighted by Crippen LogP contribution is -2.41. The highest BCUT2D eigenvalue weighted by atomic mass is 35.5. The number of nitrogens with one attached hydrogen (secondary N) is 1. The lowest BCUT2D eigenvalue weighted by atomic mass is 10.0. The first-order valence-corrected chi connectivity index (χ1v) is 8.38. The van der Waals surface area contributed by atoms with E-state index < -0.39 is 0 Å². The smallest absolute Gasteiger partial charge is 0.219 e. The summed E-state index contributed by atoms with van der Waals surface area (Å²) in [5.74, 6) is 0.171. The minimum Gasteiger partial charge on any atom is -0.382 e. The van der Waals surface area contributed by atoms with E-state index in [0.717, 1.165) is 42.2 Å². The Balaban J connectivity index is 1.74. The Kier molecular flexibility index (Phi) is 4.87. The van der Waals surface area contributed by atoms with Gasteiger partial charge in [0.25, 0.3) is 0 Å². The second kappa shape index (κ2) is 7.05. The zero-order valence-electron chi connectivity index (χ0n) is 13.3. The van der Waals surface area contributed by atoms with Crippen LogP contribution in [-0.2, 0) is 4.79 Å². The van der Waals surface area contributed by atoms with E-state index in [1.165, 1.54) is 5.56 Å². The van der Waals surface area contributed by atoms with Crippen molar-refractivity contribution in [3.05, 3.63) is 53.6 Å². The van der Waals surface area contributed by atoms with Crippen LogP contribution in [0, 0.1) is 0 Å². The third-order valence-electron chi connectivity index (χ3n) is 4.38. The number of benzene rings is 2. The zero-order valence-corrected chi connectivity index (χ0v) is 14.0. The molecule has 0 aromatic heterocycles. The van der Waals surface area contributed by atoms with Crippen molar-refractivity contribution < 1.29 is 4.79 Å². The minimum atomic E-state index is 0.171. The van der Waals surface area contributed by atoms with Gasteiger partial charge in [-0.2, -0.15) is 0 Å². The van der Waals surface area contributed by atoms with Gasteiger partial charge in [-0.25, -0.2) is 0 Å². The van der Waals surface area contributed by atoms with Crippen molar-refractivity contribution in [2.24, 2.45) is 0 Å². The number of carbonyl (C=O) groups excluding carboxylic acids is 1. The van der Waals surface area contributed by atoms with Crippen LogP contribution in [-0.4, -0.2) is 29.9 Å². The number of amides is 1. The molecule has 0 bridgehead atoms. The molecular weight excluding hydrogens is 308 g/mol. The number of likely N-dealkylation sites (tertiary alicyclic amines) is 1. The average Bonchev–Trinajstić information content (AvgIpc) is 2.57. The molecule has 1 heterocycles. The second-order valence-corrected chi connectivity index (χ2v) is 6.41. The summed E-state index contributed by atoms with van der Waals surface area (Å²) in [4.78, 5) is 13.3. The van der Waals surface area contributed by atoms with Gasteiger partial charge >= 0.3 is 0 Å². The molecule has 120 valence electrons. The minimum absolute atomic E-state index is 0.171. The molecule has 4 heteroatoms. The van der Waals surface area contributed by atoms with Crippen LogP contribution in [0.1, 0.15) is 19.8 Å². The Hall–Kier alpha value is -2.00. The molecule has 1 aliphatic rings. The molecule has 1 amide bonds. The topological polar surface area (TPSA) is 32.3 Å². The number of anilines is 1. The SMILES string of the molecule is CC(=O)N1CCC(Nc2ccccc2-c2ccc(Cl)cc2)CC1. The first-order valence-electron chi connectivity index (χ1n) is 8.00. The normalized spacial score (nSPS) is 15.5. The lowest BCUT2D eigenvalue weighted by Gasteiger charge is -2.32. The van der Waals surface area contributed by atoms with E-state index >= 15 is 0 Å². The monoisotopic (exact) mass is 328 g/mol. The molecule has 23 heavy (non-hydrogen) atoms. The van der Waals surface area contributed by atoms with Crippen molar-refractivity contribution in [1.82, 2.24) is 4.90 Å². The number of halogens is 1. The van der Waals surface area contributed by atoms with E-state index in [1.54, 1.807) is 6.92 Å². The standard InChI is InChI=1S/C19H21ClN2O/c1-14(23)22-12-10-17(11-13-22)21-19-5-3-2-4-18(19)15-6-8-16(20)9-7-15/h2-9,17,21H,10-13H2,1H3. The Morgan fingerprint density at radius 2 is 1.74 bits per heavy atom. The Morgan fingerprint density at radius 1 is 1.09 bits per heavy atom. The van der Waals surface area contributed by atoms with E-state index in [0.29, 0.717) is 6.04 Å². The number of rotatable bonds is 3. The predicted octanol–water partition coefficient (Wildman–Crippen LogP) is 4.43. The van der Waals surface area contributed by atoms with Gasteiger partial charge < -0.3 is 10.2 Å². The third kappa shape index (κ3) is 3.85. The predicted molar refractivity (Wildman–Crippen MR) is 95.8 cm³/mol. The van der Waals surface area contributed by atoms with Gasteiger partial charge in [0, 0.05) is 42.3 Å². The van der Waals surface area contributed by atoms with Gasteiger partial charge in [-0.15, -0.1) is 0 Å². The third-order valence-corrected chi connectivity index (χ3v) is 4.63. The zero-order chi connectivity index (χ0) is 16.2. The second-order valence-electron chi connectivity index (χ2n) is 5.98. The number of hydrogen-bond donors (Lipinski definition) is 1. The van der Waals surface area contributed by atoms with Crippen LogP contribution < -0.4 is 5.32 Å². The number of carbonyl (C=O) groups is 1. The van der Waals surface area contributed by atoms with Crippen LogP contribution in [0.3, 0.4) is 0 Å². The highest BCUT2D eigenvalue weighted by molar-refractivity contribution is 6.30. The Labute approximate surface area is 142 Å². The molecule has 1 N–H and O–H groups in total. The molecule has 2 aromatic rings. The van der Waals surface area contributed by atoms with Crippen molar-refractivity contribution in [2.75, 3.05) is 18.4 Å². The van der Waals surface area contributed by atoms with E-state index in [-0.39, 0.29) is 5.91 Å². The fourth-order valence-corrected chi connectivity index (χ4v) is 3.17. The van der Waals surface area contributed by atoms with Crippen LogP contribution in [0.15, 0.2) is 48.5 Å². The molecule has 0 radical (unpaired) electrons. The molecule has 3 nitrogen and oxygen atoms in total. The van der Waals surface area contributed by atoms with E-state index in [9.17, 15) is 4.79 Å². The van der Waals surface area contributed by atoms with Gasteiger partial charge in [0.05, 0.1) is 0 Å². The van der Waals surface area contributed by atoms with Gasteiger partial charge in [-0.05, 0) is 36.6 Å². The first-order chi connectivity index (χ1) is 11.1. The van der Waals surface area contributed by atoms with Crippen LogP contribution in [0.5, 0.6) is 0 Å². The molecule has 0 spiro atoms. The molecule has 0 saturated carbocycles. The van der Waals surface area contributed by atoms with Crippen molar-refractivity contribution in [1.29, 1.82) is 0 Å². The summed E-state index contributed by atoms with van der Waals surface area (Å²) in [7, 11) is 0. The summed E-state index contributed by atoms with van der Waals surface area (Å²) in [6, 6.07) is 16.6. The lowest BCUT2D eigenvalue weighted by molar-refractivity contribution is -0.129. The number of piperidine rings is 1. The maximum atomic E-state index is 11.4. The van der Waals surface area contributed by atoms with Gasteiger partial charge in [-0.1, -0.05) is 41.9 Å². The van der Waals surface area contributed by atoms with Crippen molar-refractivity contribution in [3.63, 3.8) is 0 Å². The summed E-state index contributed by atoms with van der Waals surface area (Å²) in [5.41, 5.74) is 3.47. The number of para-hydroxylation sites is 1. The fraction of sp³-hybridized carbons (Fsp3) is 0.316. The fourth-order valence-electron chi connectivity index (χ4n) is 3.05. The molecule has 0 aliphatic carbocycles. The summed E-state index contributed by atoms with van der Waals surface area (Å²) in [6.07, 6.45) is 1.96. The molecule has 0 atom stereocenters. The van der Waals surface area contributed by atoms with Gasteiger partial charge in [0.1, 0.15) is 0 Å². The molecule has 1 fully saturated rings. The van der Waals surface area contributed by atoms with Crippen LogP contribution in [0.25, 0.3) is 11.1 Å². The summed E-state index contributed by atoms with van der Waals surface area (Å²) < 4.78 is 0. The van der Waals surface area contributed by atoms with E-state index in [2.05, 4.69) is 17.4 Å². The molecule has 2 aromatic carbocycles. The maximum Gasteiger partial charge on any atom is 0.219 e. The molecule has 0 unspecified atom stereocenters. The molecule has 1 saturated heterocycles. The highest BCUT2D eigenvalue weighted by Crippen LogP contribution is 2.30. The number of nitrogens with zero attached hydrogens (tertiary/aromatic N) is 1. The number of hydrogen-bond acceptors (Lipinski definition) is 2. The van der Waals surface area contributed by atoms with Gasteiger partial charge in [0.15, 0.2) is 0 Å². The van der Waals surface area contributed by atoms with Crippen molar-refractivity contribution in [2.45, 2.75) is 25.8 Å². The summed E-state index contributed by atoms with van der Waals surface area (Å²) in [5, 5.41) is 4.40. The summed E-state index contributed by atoms with van der Waals surface area (Å²) in [6.45, 7) is 3.30. The van der Waals surface area contributed by atoms with E-state index in [4.69, 9.17) is 11.6 Å². The Bertz CT molecular complexity index is 676. The van der Waals surface area contributed by atoms with Crippen LogP contribution in [0.2, 0.25) is 5.02 Å². The van der Waals surface area contributed by atoms with E-state index in [1.807, 2.05) is 41.3 Å². The Morgan fingerprint density at radius 3 is 2.39 bits per heavy atom.